The largest absolute Gasteiger partial charge is 0.465 e. The molecule has 2 aliphatic rings. The van der Waals surface area contributed by atoms with Crippen LogP contribution >= 0.6 is 11.6 Å². The van der Waals surface area contributed by atoms with Gasteiger partial charge < -0.3 is 20.9 Å². The van der Waals surface area contributed by atoms with E-state index in [1.165, 1.54) is 30.6 Å². The van der Waals surface area contributed by atoms with E-state index >= 15 is 0 Å². The Labute approximate surface area is 279 Å². The summed E-state index contributed by atoms with van der Waals surface area (Å²) < 4.78 is 32.3. The highest BCUT2D eigenvalue weighted by atomic mass is 35.5. The van der Waals surface area contributed by atoms with Crippen molar-refractivity contribution in [1.82, 2.24) is 25.3 Å². The molecule has 254 valence electrons. The number of nitrogens with one attached hydrogen (secondary N) is 2. The summed E-state index contributed by atoms with van der Waals surface area (Å²) in [6, 6.07) is 9.52. The van der Waals surface area contributed by atoms with Crippen molar-refractivity contribution in [3.8, 4) is 11.1 Å². The number of carbonyl (C=O) groups is 4. The van der Waals surface area contributed by atoms with Crippen molar-refractivity contribution in [3.63, 3.8) is 0 Å². The molecule has 2 heterocycles. The first kappa shape index (κ1) is 34.3. The second-order valence-corrected chi connectivity index (χ2v) is 13.2. The van der Waals surface area contributed by atoms with E-state index in [2.05, 4.69) is 15.7 Å². The number of hydrogen-bond acceptors (Lipinski definition) is 7. The standard InChI is InChI=1S/C32H34ClF2N7O6/c1-31(2,3)16-32(20-7-4-17(5-8-20)19-13-37-41(14-19)27(34)35)26(44)42(28(40-32)39-29(45)46)24(15-48-30(47)38-21-9-10-21)18-6-11-23(33)22(12-18)25(36)43/h4-8,11-14,21,24,27H,9-10,15-16H2,1-3H3,(H2,36,43)(H,38,47)(H,39,40)(H,45,46)/t24-,32?/m1/s1. The monoisotopic (exact) mass is 685 g/mol. The number of aromatic nitrogens is 2. The maximum atomic E-state index is 14.9. The second kappa shape index (κ2) is 13.2. The first-order valence-corrected chi connectivity index (χ1v) is 15.3. The van der Waals surface area contributed by atoms with Gasteiger partial charge in [-0.25, -0.2) is 19.3 Å². The summed E-state index contributed by atoms with van der Waals surface area (Å²) >= 11 is 6.21. The summed E-state index contributed by atoms with van der Waals surface area (Å²) in [6.45, 7) is 2.39. The third-order valence-electron chi connectivity index (χ3n) is 7.82. The minimum atomic E-state index is -2.82. The number of amides is 4. The van der Waals surface area contributed by atoms with Crippen molar-refractivity contribution in [2.24, 2.45) is 16.1 Å². The number of guanidine groups is 1. The van der Waals surface area contributed by atoms with Gasteiger partial charge in [-0.05, 0) is 53.5 Å². The van der Waals surface area contributed by atoms with Crippen LogP contribution in [0, 0.1) is 5.41 Å². The molecular formula is C32H34ClF2N7O6. The fourth-order valence-corrected chi connectivity index (χ4v) is 5.82. The number of rotatable bonds is 10. The van der Waals surface area contributed by atoms with Crippen LogP contribution in [0.25, 0.3) is 11.1 Å². The SMILES string of the molecule is CC(C)(C)CC1(c2ccc(-c3cnn(C(F)F)c3)cc2)N=C(NC(=O)O)N([C@H](COC(=O)NC2CC2)c2ccc(Cl)c(C(N)=O)c2)C1=O. The average molecular weight is 686 g/mol. The van der Waals surface area contributed by atoms with Crippen molar-refractivity contribution in [2.45, 2.75) is 64.2 Å². The van der Waals surface area contributed by atoms with Gasteiger partial charge >= 0.3 is 18.7 Å². The topological polar surface area (TPSA) is 181 Å². The van der Waals surface area contributed by atoms with Crippen molar-refractivity contribution in [2.75, 3.05) is 6.61 Å². The maximum absolute atomic E-state index is 14.9. The molecule has 1 fully saturated rings. The summed E-state index contributed by atoms with van der Waals surface area (Å²) in [4.78, 5) is 57.6. The van der Waals surface area contributed by atoms with E-state index in [4.69, 9.17) is 27.1 Å². The Bertz CT molecular complexity index is 1770. The Hall–Kier alpha value is -5.05. The molecule has 1 aromatic heterocycles. The molecular weight excluding hydrogens is 652 g/mol. The number of halogens is 3. The van der Waals surface area contributed by atoms with Crippen LogP contribution in [-0.2, 0) is 15.1 Å². The van der Waals surface area contributed by atoms with Crippen LogP contribution in [0.4, 0.5) is 18.4 Å². The number of benzene rings is 2. The smallest absolute Gasteiger partial charge is 0.411 e. The Morgan fingerprint density at radius 1 is 1.15 bits per heavy atom. The second-order valence-electron chi connectivity index (χ2n) is 12.8. The number of alkyl carbamates (subject to hydrolysis) is 1. The summed E-state index contributed by atoms with van der Waals surface area (Å²) in [7, 11) is 0. The number of carbonyl (C=O) groups excluding carboxylic acids is 3. The van der Waals surface area contributed by atoms with E-state index in [1.807, 2.05) is 20.8 Å². The molecule has 16 heteroatoms. The van der Waals surface area contributed by atoms with Crippen LogP contribution in [0.3, 0.4) is 0 Å². The van der Waals surface area contributed by atoms with Gasteiger partial charge in [-0.1, -0.05) is 62.7 Å². The fourth-order valence-electron chi connectivity index (χ4n) is 5.61. The highest BCUT2D eigenvalue weighted by molar-refractivity contribution is 6.33. The van der Waals surface area contributed by atoms with E-state index in [9.17, 15) is 33.1 Å². The Balaban J connectivity index is 1.61. The summed E-state index contributed by atoms with van der Waals surface area (Å²) in [5, 5.41) is 18.5. The minimum Gasteiger partial charge on any atom is -0.465 e. The number of nitrogens with two attached hydrogens (primary N) is 1. The van der Waals surface area contributed by atoms with Gasteiger partial charge in [0.1, 0.15) is 6.61 Å². The van der Waals surface area contributed by atoms with Gasteiger partial charge in [0.25, 0.3) is 5.91 Å². The van der Waals surface area contributed by atoms with E-state index in [0.29, 0.717) is 21.4 Å². The molecule has 0 saturated heterocycles. The van der Waals surface area contributed by atoms with Crippen molar-refractivity contribution >= 4 is 41.6 Å². The third-order valence-corrected chi connectivity index (χ3v) is 8.15. The van der Waals surface area contributed by atoms with E-state index < -0.39 is 54.2 Å². The molecule has 2 atom stereocenters. The fraction of sp³-hybridized carbons (Fsp3) is 0.375. The molecule has 0 spiro atoms. The first-order chi connectivity index (χ1) is 22.6. The van der Waals surface area contributed by atoms with Gasteiger partial charge in [-0.3, -0.25) is 19.8 Å². The molecule has 2 aromatic carbocycles. The molecule has 5 rings (SSSR count). The zero-order valence-electron chi connectivity index (χ0n) is 26.2. The number of hydrogen-bond donors (Lipinski definition) is 4. The molecule has 1 aliphatic heterocycles. The maximum Gasteiger partial charge on any atom is 0.411 e. The molecule has 0 bridgehead atoms. The van der Waals surface area contributed by atoms with Gasteiger partial charge in [0, 0.05) is 17.8 Å². The molecule has 1 aliphatic carbocycles. The normalized spacial score (nSPS) is 18.4. The van der Waals surface area contributed by atoms with Gasteiger partial charge in [0.2, 0.25) is 11.9 Å². The predicted octanol–water partition coefficient (Wildman–Crippen LogP) is 5.42. The Morgan fingerprint density at radius 3 is 2.40 bits per heavy atom. The minimum absolute atomic E-state index is 0.0284. The van der Waals surface area contributed by atoms with Gasteiger partial charge in [-0.2, -0.15) is 13.9 Å². The Kier molecular flexibility index (Phi) is 9.44. The summed E-state index contributed by atoms with van der Waals surface area (Å²) in [5.74, 6) is -1.84. The molecule has 0 radical (unpaired) electrons. The van der Waals surface area contributed by atoms with Crippen molar-refractivity contribution < 1.29 is 37.8 Å². The molecule has 13 nitrogen and oxygen atoms in total. The summed E-state index contributed by atoms with van der Waals surface area (Å²) in [6.07, 6.45) is 1.92. The number of carboxylic acid groups (broad SMARTS) is 1. The first-order valence-electron chi connectivity index (χ1n) is 15.0. The number of nitrogens with zero attached hydrogens (tertiary/aromatic N) is 4. The number of aliphatic imine (C=N–C) groups is 1. The van der Waals surface area contributed by atoms with Crippen LogP contribution in [-0.4, -0.2) is 62.4 Å². The number of primary amides is 1. The third kappa shape index (κ3) is 7.40. The lowest BCUT2D eigenvalue weighted by molar-refractivity contribution is -0.135. The number of ether oxygens (including phenoxy) is 1. The lowest BCUT2D eigenvalue weighted by Gasteiger charge is -2.35. The van der Waals surface area contributed by atoms with Gasteiger partial charge in [0.05, 0.1) is 22.8 Å². The van der Waals surface area contributed by atoms with Crippen molar-refractivity contribution in [3.05, 3.63) is 76.6 Å². The molecule has 1 saturated carbocycles. The van der Waals surface area contributed by atoms with Gasteiger partial charge in [-0.15, -0.1) is 0 Å². The van der Waals surface area contributed by atoms with Crippen LogP contribution in [0.5, 0.6) is 0 Å². The van der Waals surface area contributed by atoms with Crippen LogP contribution in [0.1, 0.15) is 74.1 Å². The number of alkyl halides is 2. The Morgan fingerprint density at radius 2 is 1.83 bits per heavy atom. The van der Waals surface area contributed by atoms with Crippen LogP contribution < -0.4 is 16.4 Å². The molecule has 5 N–H and O–H groups in total. The van der Waals surface area contributed by atoms with E-state index in [1.54, 1.807) is 24.3 Å². The average Bonchev–Trinajstić information content (AvgIpc) is 3.59. The van der Waals surface area contributed by atoms with E-state index in [0.717, 1.165) is 17.7 Å². The highest BCUT2D eigenvalue weighted by Gasteiger charge is 2.54. The lowest BCUT2D eigenvalue weighted by atomic mass is 9.75. The lowest BCUT2D eigenvalue weighted by Crippen LogP contribution is -2.49. The zero-order valence-corrected chi connectivity index (χ0v) is 27.0. The van der Waals surface area contributed by atoms with Crippen LogP contribution in [0.15, 0.2) is 59.9 Å². The summed E-state index contributed by atoms with van der Waals surface area (Å²) in [5.41, 5.74) is 4.86. The molecule has 4 amide bonds. The van der Waals surface area contributed by atoms with Gasteiger partial charge in [0.15, 0.2) is 5.54 Å². The van der Waals surface area contributed by atoms with E-state index in [-0.39, 0.29) is 34.6 Å². The highest BCUT2D eigenvalue weighted by Crippen LogP contribution is 2.45. The van der Waals surface area contributed by atoms with Crippen LogP contribution in [0.2, 0.25) is 5.02 Å². The molecule has 3 aromatic rings. The van der Waals surface area contributed by atoms with Crippen molar-refractivity contribution in [1.29, 1.82) is 0 Å². The zero-order chi connectivity index (χ0) is 35.0. The quantitative estimate of drug-likeness (QED) is 0.220. The predicted molar refractivity (Wildman–Crippen MR) is 170 cm³/mol. The molecule has 48 heavy (non-hydrogen) atoms. The molecule has 1 unspecified atom stereocenters.